The SMILES string of the molecule is COc1ccc(-c2n[nH]c(=S)n2CC(=O)NCc2ccc(OC(C)C)cc2C(F)(F)F)cc1. The van der Waals surface area contributed by atoms with Gasteiger partial charge in [-0.1, -0.05) is 6.07 Å². The fourth-order valence-electron chi connectivity index (χ4n) is 3.14. The molecule has 7 nitrogen and oxygen atoms in total. The summed E-state index contributed by atoms with van der Waals surface area (Å²) in [5.41, 5.74) is -0.242. The summed E-state index contributed by atoms with van der Waals surface area (Å²) in [7, 11) is 1.55. The fourth-order valence-corrected chi connectivity index (χ4v) is 3.33. The van der Waals surface area contributed by atoms with Gasteiger partial charge in [-0.2, -0.15) is 18.3 Å². The number of alkyl halides is 3. The first-order valence-electron chi connectivity index (χ1n) is 10.0. The molecule has 11 heteroatoms. The van der Waals surface area contributed by atoms with Crippen LogP contribution in [0.15, 0.2) is 42.5 Å². The molecule has 0 bridgehead atoms. The molecule has 1 heterocycles. The number of nitrogens with zero attached hydrogens (tertiary/aromatic N) is 2. The zero-order valence-electron chi connectivity index (χ0n) is 18.2. The summed E-state index contributed by atoms with van der Waals surface area (Å²) in [6, 6.07) is 10.7. The van der Waals surface area contributed by atoms with E-state index in [2.05, 4.69) is 15.5 Å². The lowest BCUT2D eigenvalue weighted by Gasteiger charge is -2.17. The van der Waals surface area contributed by atoms with Crippen molar-refractivity contribution in [3.8, 4) is 22.9 Å². The molecule has 1 aromatic heterocycles. The Morgan fingerprint density at radius 3 is 2.45 bits per heavy atom. The molecule has 0 aliphatic heterocycles. The van der Waals surface area contributed by atoms with Crippen LogP contribution in [-0.2, 0) is 24.1 Å². The zero-order chi connectivity index (χ0) is 24.2. The minimum atomic E-state index is -4.59. The van der Waals surface area contributed by atoms with Crippen LogP contribution in [0.1, 0.15) is 25.0 Å². The van der Waals surface area contributed by atoms with Crippen molar-refractivity contribution in [2.24, 2.45) is 0 Å². The van der Waals surface area contributed by atoms with Crippen molar-refractivity contribution in [3.63, 3.8) is 0 Å². The summed E-state index contributed by atoms with van der Waals surface area (Å²) in [6.07, 6.45) is -4.86. The maximum Gasteiger partial charge on any atom is 0.416 e. The highest BCUT2D eigenvalue weighted by Gasteiger charge is 2.34. The van der Waals surface area contributed by atoms with Crippen LogP contribution >= 0.6 is 12.2 Å². The number of aromatic amines is 1. The number of hydrogen-bond acceptors (Lipinski definition) is 5. The van der Waals surface area contributed by atoms with Crippen LogP contribution in [-0.4, -0.2) is 33.9 Å². The lowest BCUT2D eigenvalue weighted by molar-refractivity contribution is -0.138. The summed E-state index contributed by atoms with van der Waals surface area (Å²) in [4.78, 5) is 12.5. The highest BCUT2D eigenvalue weighted by atomic mass is 32.1. The van der Waals surface area contributed by atoms with Crippen LogP contribution in [0.4, 0.5) is 13.2 Å². The number of amides is 1. The minimum absolute atomic E-state index is 0.0712. The number of methoxy groups -OCH3 is 1. The molecule has 0 spiro atoms. The predicted octanol–water partition coefficient (Wildman–Crippen LogP) is 4.74. The van der Waals surface area contributed by atoms with Crippen LogP contribution < -0.4 is 14.8 Å². The molecule has 0 aliphatic carbocycles. The van der Waals surface area contributed by atoms with Crippen molar-refractivity contribution in [1.29, 1.82) is 0 Å². The van der Waals surface area contributed by atoms with E-state index in [0.29, 0.717) is 17.1 Å². The largest absolute Gasteiger partial charge is 0.497 e. The van der Waals surface area contributed by atoms with Gasteiger partial charge in [0.05, 0.1) is 18.8 Å². The third-order valence-corrected chi connectivity index (χ3v) is 4.95. The van der Waals surface area contributed by atoms with E-state index in [1.807, 2.05) is 0 Å². The fraction of sp³-hybridized carbons (Fsp3) is 0.318. The van der Waals surface area contributed by atoms with E-state index in [1.54, 1.807) is 45.2 Å². The van der Waals surface area contributed by atoms with E-state index in [9.17, 15) is 18.0 Å². The molecule has 33 heavy (non-hydrogen) atoms. The second kappa shape index (κ2) is 10.1. The molecule has 0 saturated heterocycles. The van der Waals surface area contributed by atoms with Crippen molar-refractivity contribution >= 4 is 18.1 Å². The first-order valence-corrected chi connectivity index (χ1v) is 10.4. The summed E-state index contributed by atoms with van der Waals surface area (Å²) in [5.74, 6) is 0.672. The van der Waals surface area contributed by atoms with Gasteiger partial charge in [0.25, 0.3) is 0 Å². The monoisotopic (exact) mass is 480 g/mol. The number of nitrogens with one attached hydrogen (secondary N) is 2. The third kappa shape index (κ3) is 6.13. The number of H-pyrrole nitrogens is 1. The van der Waals surface area contributed by atoms with Gasteiger partial charge in [-0.3, -0.25) is 14.5 Å². The summed E-state index contributed by atoms with van der Waals surface area (Å²) in [5, 5.41) is 9.32. The van der Waals surface area contributed by atoms with Crippen LogP contribution in [0, 0.1) is 4.77 Å². The molecule has 0 unspecified atom stereocenters. The van der Waals surface area contributed by atoms with Crippen molar-refractivity contribution in [2.45, 2.75) is 39.2 Å². The van der Waals surface area contributed by atoms with E-state index in [4.69, 9.17) is 21.7 Å². The molecule has 0 radical (unpaired) electrons. The van der Waals surface area contributed by atoms with E-state index >= 15 is 0 Å². The molecule has 2 N–H and O–H groups in total. The standard InChI is InChI=1S/C22H23F3N4O3S/c1-13(2)32-17-9-6-15(18(10-17)22(23,24)25)11-26-19(30)12-29-20(27-28-21(29)33)14-4-7-16(31-3)8-5-14/h4-10,13H,11-12H2,1-3H3,(H,26,30)(H,28,33). The van der Waals surface area contributed by atoms with Crippen molar-refractivity contribution in [1.82, 2.24) is 20.1 Å². The Labute approximate surface area is 193 Å². The number of rotatable bonds is 8. The van der Waals surface area contributed by atoms with Gasteiger partial charge in [0.2, 0.25) is 5.91 Å². The minimum Gasteiger partial charge on any atom is -0.497 e. The van der Waals surface area contributed by atoms with Crippen molar-refractivity contribution < 1.29 is 27.4 Å². The number of carbonyl (C=O) groups is 1. The van der Waals surface area contributed by atoms with Crippen LogP contribution in [0.25, 0.3) is 11.4 Å². The lowest BCUT2D eigenvalue weighted by Crippen LogP contribution is -2.28. The highest BCUT2D eigenvalue weighted by Crippen LogP contribution is 2.34. The van der Waals surface area contributed by atoms with Crippen molar-refractivity contribution in [2.75, 3.05) is 7.11 Å². The molecule has 2 aromatic carbocycles. The maximum absolute atomic E-state index is 13.5. The molecule has 0 atom stereocenters. The number of halogens is 3. The van der Waals surface area contributed by atoms with E-state index in [1.165, 1.54) is 16.7 Å². The van der Waals surface area contributed by atoms with Gasteiger partial charge in [0.1, 0.15) is 18.0 Å². The summed E-state index contributed by atoms with van der Waals surface area (Å²) in [6.45, 7) is 2.93. The van der Waals surface area contributed by atoms with Gasteiger partial charge in [0, 0.05) is 12.1 Å². The van der Waals surface area contributed by atoms with Crippen molar-refractivity contribution in [3.05, 3.63) is 58.4 Å². The molecule has 0 saturated carbocycles. The van der Waals surface area contributed by atoms with Gasteiger partial charge in [-0.05, 0) is 68.0 Å². The first kappa shape index (κ1) is 24.3. The number of carbonyl (C=O) groups excluding carboxylic acids is 1. The number of hydrogen-bond donors (Lipinski definition) is 2. The zero-order valence-corrected chi connectivity index (χ0v) is 19.0. The summed E-state index contributed by atoms with van der Waals surface area (Å²) >= 11 is 5.21. The molecule has 176 valence electrons. The number of ether oxygens (including phenoxy) is 2. The second-order valence-corrected chi connectivity index (χ2v) is 7.81. The Balaban J connectivity index is 1.75. The topological polar surface area (TPSA) is 81.2 Å². The van der Waals surface area contributed by atoms with Gasteiger partial charge >= 0.3 is 6.18 Å². The molecular formula is C22H23F3N4O3S. The van der Waals surface area contributed by atoms with Crippen LogP contribution in [0.3, 0.4) is 0 Å². The van der Waals surface area contributed by atoms with E-state index in [0.717, 1.165) is 6.07 Å². The number of benzene rings is 2. The Morgan fingerprint density at radius 2 is 1.85 bits per heavy atom. The molecule has 0 fully saturated rings. The Hall–Kier alpha value is -3.34. The van der Waals surface area contributed by atoms with Gasteiger partial charge < -0.3 is 14.8 Å². The third-order valence-electron chi connectivity index (χ3n) is 4.64. The molecule has 0 aliphatic rings. The van der Waals surface area contributed by atoms with E-state index < -0.39 is 17.6 Å². The Morgan fingerprint density at radius 1 is 1.18 bits per heavy atom. The normalized spacial score (nSPS) is 11.5. The second-order valence-electron chi connectivity index (χ2n) is 7.43. The van der Waals surface area contributed by atoms with Crippen LogP contribution in [0.5, 0.6) is 11.5 Å². The van der Waals surface area contributed by atoms with Gasteiger partial charge in [0.15, 0.2) is 10.6 Å². The Kier molecular flexibility index (Phi) is 7.42. The summed E-state index contributed by atoms with van der Waals surface area (Å²) < 4.78 is 52.8. The predicted molar refractivity (Wildman–Crippen MR) is 118 cm³/mol. The first-order chi connectivity index (χ1) is 15.6. The molecule has 3 aromatic rings. The van der Waals surface area contributed by atoms with Gasteiger partial charge in [-0.25, -0.2) is 0 Å². The highest BCUT2D eigenvalue weighted by molar-refractivity contribution is 7.71. The number of aromatic nitrogens is 3. The molecule has 3 rings (SSSR count). The molecular weight excluding hydrogens is 457 g/mol. The van der Waals surface area contributed by atoms with Gasteiger partial charge in [-0.15, -0.1) is 0 Å². The average molecular weight is 481 g/mol. The lowest BCUT2D eigenvalue weighted by atomic mass is 10.1. The quantitative estimate of drug-likeness (QED) is 0.456. The smallest absolute Gasteiger partial charge is 0.416 e. The average Bonchev–Trinajstić information content (AvgIpc) is 3.12. The maximum atomic E-state index is 13.5. The Bertz CT molecular complexity index is 1170. The van der Waals surface area contributed by atoms with E-state index in [-0.39, 0.29) is 35.3 Å². The molecule has 1 amide bonds. The van der Waals surface area contributed by atoms with Crippen LogP contribution in [0.2, 0.25) is 0 Å².